The molecule has 0 aromatic carbocycles. The Morgan fingerprint density at radius 2 is 2.28 bits per heavy atom. The molecule has 0 aliphatic carbocycles. The molecule has 0 aliphatic heterocycles. The first-order valence-corrected chi connectivity index (χ1v) is 5.32. The molecule has 0 bridgehead atoms. The van der Waals surface area contributed by atoms with Gasteiger partial charge in [0.2, 0.25) is 0 Å². The Balaban J connectivity index is 1.83. The van der Waals surface area contributed by atoms with Crippen molar-refractivity contribution in [3.8, 4) is 0 Å². The van der Waals surface area contributed by atoms with E-state index in [9.17, 15) is 4.79 Å². The van der Waals surface area contributed by atoms with Crippen LogP contribution in [0.2, 0.25) is 0 Å². The molecule has 4 N–H and O–H groups in total. The van der Waals surface area contributed by atoms with Gasteiger partial charge in [0, 0.05) is 25.5 Å². The second-order valence-electron chi connectivity index (χ2n) is 3.49. The van der Waals surface area contributed by atoms with Crippen molar-refractivity contribution in [3.05, 3.63) is 36.8 Å². The van der Waals surface area contributed by atoms with Gasteiger partial charge in [-0.25, -0.2) is 20.8 Å². The molecule has 0 radical (unpaired) electrons. The highest BCUT2D eigenvalue weighted by Gasteiger charge is 2.06. The number of nitrogens with zero attached hydrogens (tertiary/aromatic N) is 4. The summed E-state index contributed by atoms with van der Waals surface area (Å²) in [6.07, 6.45) is 7.96. The molecule has 0 fully saturated rings. The van der Waals surface area contributed by atoms with Crippen molar-refractivity contribution in [2.75, 3.05) is 12.0 Å². The van der Waals surface area contributed by atoms with Crippen LogP contribution < -0.4 is 16.6 Å². The molecule has 0 atom stereocenters. The van der Waals surface area contributed by atoms with Crippen LogP contribution in [0.3, 0.4) is 0 Å². The van der Waals surface area contributed by atoms with Gasteiger partial charge in [-0.3, -0.25) is 4.79 Å². The second kappa shape index (κ2) is 5.73. The standard InChI is InChI=1S/C10H13N7O/c11-16-9-6-14-8(5-15-9)10(18)13-2-4-17-3-1-12-7-17/h1,3,5-7H,2,4,11H2,(H,13,18)(H,15,16). The maximum Gasteiger partial charge on any atom is 0.271 e. The van der Waals surface area contributed by atoms with Crippen LogP contribution in [0.25, 0.3) is 0 Å². The SMILES string of the molecule is NNc1cnc(C(=O)NCCn2ccnc2)cn1. The van der Waals surface area contributed by atoms with Crippen LogP contribution in [0.1, 0.15) is 10.5 Å². The number of rotatable bonds is 5. The molecule has 0 saturated heterocycles. The lowest BCUT2D eigenvalue weighted by molar-refractivity contribution is 0.0947. The summed E-state index contributed by atoms with van der Waals surface area (Å²) in [7, 11) is 0. The third kappa shape index (κ3) is 3.01. The van der Waals surface area contributed by atoms with E-state index in [1.54, 1.807) is 12.5 Å². The van der Waals surface area contributed by atoms with Crippen molar-refractivity contribution in [1.29, 1.82) is 0 Å². The molecule has 0 aliphatic rings. The maximum atomic E-state index is 11.7. The summed E-state index contributed by atoms with van der Waals surface area (Å²) in [5, 5.41) is 2.73. The lowest BCUT2D eigenvalue weighted by Crippen LogP contribution is -2.28. The first kappa shape index (κ1) is 12.0. The maximum absolute atomic E-state index is 11.7. The molecule has 0 spiro atoms. The van der Waals surface area contributed by atoms with Gasteiger partial charge in [0.15, 0.2) is 5.82 Å². The fourth-order valence-electron chi connectivity index (χ4n) is 1.33. The highest BCUT2D eigenvalue weighted by Crippen LogP contribution is 1.98. The normalized spacial score (nSPS) is 10.1. The number of carbonyl (C=O) groups excluding carboxylic acids is 1. The number of nitrogens with one attached hydrogen (secondary N) is 2. The van der Waals surface area contributed by atoms with Gasteiger partial charge >= 0.3 is 0 Å². The van der Waals surface area contributed by atoms with E-state index in [4.69, 9.17) is 5.84 Å². The minimum Gasteiger partial charge on any atom is -0.349 e. The van der Waals surface area contributed by atoms with Gasteiger partial charge in [0.05, 0.1) is 18.7 Å². The van der Waals surface area contributed by atoms with Gasteiger partial charge in [-0.05, 0) is 0 Å². The Hall–Kier alpha value is -2.48. The third-order valence-electron chi connectivity index (χ3n) is 2.25. The number of aromatic nitrogens is 4. The minimum atomic E-state index is -0.272. The van der Waals surface area contributed by atoms with Gasteiger partial charge in [0.25, 0.3) is 5.91 Å². The Kier molecular flexibility index (Phi) is 3.82. The molecule has 8 nitrogen and oxygen atoms in total. The topological polar surface area (TPSA) is 111 Å². The van der Waals surface area contributed by atoms with Gasteiger partial charge in [-0.15, -0.1) is 0 Å². The molecule has 94 valence electrons. The van der Waals surface area contributed by atoms with Crippen molar-refractivity contribution >= 4 is 11.7 Å². The zero-order chi connectivity index (χ0) is 12.8. The summed E-state index contributed by atoms with van der Waals surface area (Å²) in [5.41, 5.74) is 2.59. The molecule has 2 heterocycles. The molecular formula is C10H13N7O. The number of hydrogen-bond donors (Lipinski definition) is 3. The molecule has 0 saturated carbocycles. The number of carbonyl (C=O) groups is 1. The fraction of sp³-hybridized carbons (Fsp3) is 0.200. The highest BCUT2D eigenvalue weighted by atomic mass is 16.1. The smallest absolute Gasteiger partial charge is 0.271 e. The lowest BCUT2D eigenvalue weighted by Gasteiger charge is -2.05. The van der Waals surface area contributed by atoms with Gasteiger partial charge in [-0.1, -0.05) is 0 Å². The van der Waals surface area contributed by atoms with Crippen molar-refractivity contribution in [3.63, 3.8) is 0 Å². The molecule has 2 aromatic rings. The van der Waals surface area contributed by atoms with Crippen molar-refractivity contribution < 1.29 is 4.79 Å². The molecule has 8 heteroatoms. The van der Waals surface area contributed by atoms with E-state index in [2.05, 4.69) is 25.7 Å². The van der Waals surface area contributed by atoms with E-state index in [0.29, 0.717) is 18.9 Å². The lowest BCUT2D eigenvalue weighted by atomic mass is 10.4. The number of amides is 1. The van der Waals surface area contributed by atoms with Crippen molar-refractivity contribution in [2.45, 2.75) is 6.54 Å². The number of hydrogen-bond acceptors (Lipinski definition) is 6. The van der Waals surface area contributed by atoms with Crippen LogP contribution in [0, 0.1) is 0 Å². The first-order valence-electron chi connectivity index (χ1n) is 5.32. The molecule has 1 amide bonds. The number of nitrogen functional groups attached to an aromatic ring is 1. The number of hydrazine groups is 1. The Bertz CT molecular complexity index is 493. The van der Waals surface area contributed by atoms with E-state index < -0.39 is 0 Å². The quantitative estimate of drug-likeness (QED) is 0.480. The van der Waals surface area contributed by atoms with Crippen LogP contribution in [0.5, 0.6) is 0 Å². The predicted molar refractivity (Wildman–Crippen MR) is 64.4 cm³/mol. The molecule has 2 aromatic heterocycles. The number of imidazole rings is 1. The Morgan fingerprint density at radius 3 is 2.89 bits per heavy atom. The Morgan fingerprint density at radius 1 is 1.39 bits per heavy atom. The summed E-state index contributed by atoms with van der Waals surface area (Å²) in [4.78, 5) is 23.4. The van der Waals surface area contributed by atoms with Crippen molar-refractivity contribution in [2.24, 2.45) is 5.84 Å². The van der Waals surface area contributed by atoms with Crippen LogP contribution in [0.4, 0.5) is 5.82 Å². The first-order chi connectivity index (χ1) is 8.79. The summed E-state index contributed by atoms with van der Waals surface area (Å²) < 4.78 is 1.87. The van der Waals surface area contributed by atoms with Crippen LogP contribution in [-0.2, 0) is 6.54 Å². The molecule has 0 unspecified atom stereocenters. The average molecular weight is 247 g/mol. The minimum absolute atomic E-state index is 0.250. The predicted octanol–water partition coefficient (Wildman–Crippen LogP) is -0.611. The van der Waals surface area contributed by atoms with Gasteiger partial charge in [0.1, 0.15) is 5.69 Å². The molecule has 2 rings (SSSR count). The third-order valence-corrected chi connectivity index (χ3v) is 2.25. The van der Waals surface area contributed by atoms with Crippen LogP contribution in [0.15, 0.2) is 31.1 Å². The highest BCUT2D eigenvalue weighted by molar-refractivity contribution is 5.91. The summed E-state index contributed by atoms with van der Waals surface area (Å²) in [5.74, 6) is 5.28. The molecule has 18 heavy (non-hydrogen) atoms. The molecular weight excluding hydrogens is 234 g/mol. The van der Waals surface area contributed by atoms with Crippen LogP contribution in [-0.4, -0.2) is 32.0 Å². The van der Waals surface area contributed by atoms with E-state index in [1.165, 1.54) is 12.4 Å². The van der Waals surface area contributed by atoms with Gasteiger partial charge in [-0.2, -0.15) is 0 Å². The summed E-state index contributed by atoms with van der Waals surface area (Å²) >= 11 is 0. The summed E-state index contributed by atoms with van der Waals surface area (Å²) in [6, 6.07) is 0. The van der Waals surface area contributed by atoms with E-state index in [-0.39, 0.29) is 11.6 Å². The monoisotopic (exact) mass is 247 g/mol. The van der Waals surface area contributed by atoms with Crippen molar-refractivity contribution in [1.82, 2.24) is 24.8 Å². The second-order valence-corrected chi connectivity index (χ2v) is 3.49. The van der Waals surface area contributed by atoms with E-state index in [0.717, 1.165) is 0 Å². The van der Waals surface area contributed by atoms with Crippen LogP contribution >= 0.6 is 0 Å². The average Bonchev–Trinajstić information content (AvgIpc) is 2.92. The zero-order valence-electron chi connectivity index (χ0n) is 9.58. The van der Waals surface area contributed by atoms with E-state index >= 15 is 0 Å². The summed E-state index contributed by atoms with van der Waals surface area (Å²) in [6.45, 7) is 1.15. The van der Waals surface area contributed by atoms with E-state index in [1.807, 2.05) is 10.8 Å². The number of anilines is 1. The fourth-order valence-corrected chi connectivity index (χ4v) is 1.33. The zero-order valence-corrected chi connectivity index (χ0v) is 9.58. The number of nitrogens with two attached hydrogens (primary N) is 1. The Labute approximate surface area is 103 Å². The van der Waals surface area contributed by atoms with Gasteiger partial charge < -0.3 is 15.3 Å². The largest absolute Gasteiger partial charge is 0.349 e.